The van der Waals surface area contributed by atoms with Gasteiger partial charge in [0.15, 0.2) is 0 Å². The average molecular weight is 387 g/mol. The van der Waals surface area contributed by atoms with Crippen LogP contribution in [0.4, 0.5) is 5.69 Å². The third-order valence-corrected chi connectivity index (χ3v) is 4.29. The van der Waals surface area contributed by atoms with Gasteiger partial charge in [0.2, 0.25) is 5.91 Å². The Morgan fingerprint density at radius 2 is 1.83 bits per heavy atom. The molecule has 0 saturated carbocycles. The lowest BCUT2D eigenvalue weighted by molar-refractivity contribution is -0.123. The monoisotopic (exact) mass is 386 g/mol. The summed E-state index contributed by atoms with van der Waals surface area (Å²) in [6.07, 6.45) is 0. The molecule has 3 rings (SSSR count). The second-order valence-electron chi connectivity index (χ2n) is 6.88. The van der Waals surface area contributed by atoms with Gasteiger partial charge in [-0.15, -0.1) is 0 Å². The van der Waals surface area contributed by atoms with Crippen LogP contribution in [0.2, 0.25) is 0 Å². The minimum absolute atomic E-state index is 0.155. The second kappa shape index (κ2) is 6.06. The van der Waals surface area contributed by atoms with Crippen LogP contribution in [0, 0.1) is 0 Å². The molecule has 2 amide bonds. The first-order valence-electron chi connectivity index (χ1n) is 7.78. The van der Waals surface area contributed by atoms with Gasteiger partial charge in [-0.1, -0.05) is 40.2 Å². The van der Waals surface area contributed by atoms with E-state index in [2.05, 4.69) is 21.2 Å². The van der Waals surface area contributed by atoms with Crippen LogP contribution in [-0.4, -0.2) is 17.4 Å². The fourth-order valence-corrected chi connectivity index (χ4v) is 3.29. The standard InChI is InChI=1S/C19H19BrN2O2/c1-19(2,3)21-17(23)16-14-9-4-5-10-15(14)18(24)22(16)13-8-6-7-12(20)11-13/h4-11,16H,1-3H3,(H,21,23)/t16-/m0/s1. The Balaban J connectivity index is 2.09. The largest absolute Gasteiger partial charge is 0.349 e. The predicted molar refractivity (Wildman–Crippen MR) is 98.0 cm³/mol. The second-order valence-corrected chi connectivity index (χ2v) is 7.80. The number of carbonyl (C=O) groups excluding carboxylic acids is 2. The van der Waals surface area contributed by atoms with Gasteiger partial charge in [-0.2, -0.15) is 0 Å². The molecule has 2 aromatic rings. The molecule has 0 aromatic heterocycles. The summed E-state index contributed by atoms with van der Waals surface area (Å²) in [4.78, 5) is 27.4. The molecule has 2 aromatic carbocycles. The van der Waals surface area contributed by atoms with Gasteiger partial charge < -0.3 is 5.32 Å². The lowest BCUT2D eigenvalue weighted by atomic mass is 10.0. The molecule has 124 valence electrons. The number of halogens is 1. The van der Waals surface area contributed by atoms with E-state index in [1.165, 1.54) is 0 Å². The zero-order valence-electron chi connectivity index (χ0n) is 13.8. The molecule has 4 nitrogen and oxygen atoms in total. The van der Waals surface area contributed by atoms with E-state index in [0.717, 1.165) is 10.0 Å². The molecule has 0 fully saturated rings. The van der Waals surface area contributed by atoms with Gasteiger partial charge in [-0.3, -0.25) is 14.5 Å². The molecule has 1 N–H and O–H groups in total. The van der Waals surface area contributed by atoms with Crippen LogP contribution in [0.1, 0.15) is 42.7 Å². The number of amides is 2. The number of nitrogens with zero attached hydrogens (tertiary/aromatic N) is 1. The van der Waals surface area contributed by atoms with Crippen molar-refractivity contribution < 1.29 is 9.59 Å². The number of benzene rings is 2. The summed E-state index contributed by atoms with van der Waals surface area (Å²) in [5.41, 5.74) is 1.64. The van der Waals surface area contributed by atoms with Crippen LogP contribution >= 0.6 is 15.9 Å². The number of nitrogens with one attached hydrogen (secondary N) is 1. The molecule has 0 bridgehead atoms. The Morgan fingerprint density at radius 1 is 1.12 bits per heavy atom. The number of rotatable bonds is 2. The summed E-state index contributed by atoms with van der Waals surface area (Å²) in [7, 11) is 0. The summed E-state index contributed by atoms with van der Waals surface area (Å²) < 4.78 is 0.860. The SMILES string of the molecule is CC(C)(C)NC(=O)[C@@H]1c2ccccc2C(=O)N1c1cccc(Br)c1. The number of fused-ring (bicyclic) bond motifs is 1. The van der Waals surface area contributed by atoms with Crippen LogP contribution in [0.15, 0.2) is 53.0 Å². The molecular weight excluding hydrogens is 368 g/mol. The van der Waals surface area contributed by atoms with E-state index >= 15 is 0 Å². The van der Waals surface area contributed by atoms with Crippen molar-refractivity contribution in [2.45, 2.75) is 32.4 Å². The van der Waals surface area contributed by atoms with Gasteiger partial charge in [0, 0.05) is 21.3 Å². The number of carbonyl (C=O) groups is 2. The first-order chi connectivity index (χ1) is 11.3. The highest BCUT2D eigenvalue weighted by atomic mass is 79.9. The van der Waals surface area contributed by atoms with Crippen LogP contribution < -0.4 is 10.2 Å². The van der Waals surface area contributed by atoms with Crippen LogP contribution in [-0.2, 0) is 4.79 Å². The number of anilines is 1. The van der Waals surface area contributed by atoms with Gasteiger partial charge in [0.1, 0.15) is 6.04 Å². The van der Waals surface area contributed by atoms with E-state index in [4.69, 9.17) is 0 Å². The maximum atomic E-state index is 12.9. The Morgan fingerprint density at radius 3 is 2.50 bits per heavy atom. The molecule has 1 atom stereocenters. The van der Waals surface area contributed by atoms with Crippen molar-refractivity contribution in [3.05, 3.63) is 64.1 Å². The Kier molecular flexibility index (Phi) is 4.22. The van der Waals surface area contributed by atoms with Crippen molar-refractivity contribution in [1.29, 1.82) is 0 Å². The van der Waals surface area contributed by atoms with Gasteiger partial charge in [0.05, 0.1) is 0 Å². The maximum Gasteiger partial charge on any atom is 0.259 e. The highest BCUT2D eigenvalue weighted by Crippen LogP contribution is 2.38. The molecule has 0 aliphatic carbocycles. The van der Waals surface area contributed by atoms with E-state index in [1.54, 1.807) is 11.0 Å². The zero-order chi connectivity index (χ0) is 17.5. The molecule has 1 aliphatic rings. The maximum absolute atomic E-state index is 12.9. The third kappa shape index (κ3) is 3.08. The molecule has 1 heterocycles. The molecule has 0 radical (unpaired) electrons. The third-order valence-electron chi connectivity index (χ3n) is 3.80. The number of hydrogen-bond donors (Lipinski definition) is 1. The topological polar surface area (TPSA) is 49.4 Å². The van der Waals surface area contributed by atoms with Gasteiger partial charge in [-0.25, -0.2) is 0 Å². The van der Waals surface area contributed by atoms with Gasteiger partial charge >= 0.3 is 0 Å². The molecule has 0 unspecified atom stereocenters. The van der Waals surface area contributed by atoms with Gasteiger partial charge in [0.25, 0.3) is 5.91 Å². The van der Waals surface area contributed by atoms with E-state index in [-0.39, 0.29) is 17.4 Å². The quantitative estimate of drug-likeness (QED) is 0.845. The van der Waals surface area contributed by atoms with Crippen LogP contribution in [0.3, 0.4) is 0 Å². The average Bonchev–Trinajstić information content (AvgIpc) is 2.79. The molecule has 0 saturated heterocycles. The van der Waals surface area contributed by atoms with Crippen LogP contribution in [0.5, 0.6) is 0 Å². The smallest absolute Gasteiger partial charge is 0.259 e. The van der Waals surface area contributed by atoms with Crippen LogP contribution in [0.25, 0.3) is 0 Å². The van der Waals surface area contributed by atoms with E-state index in [1.807, 2.05) is 63.2 Å². The van der Waals surface area contributed by atoms with Crippen molar-refractivity contribution in [1.82, 2.24) is 5.32 Å². The minimum atomic E-state index is -0.665. The predicted octanol–water partition coefficient (Wildman–Crippen LogP) is 4.07. The van der Waals surface area contributed by atoms with Crippen molar-refractivity contribution in [2.24, 2.45) is 0 Å². The highest BCUT2D eigenvalue weighted by molar-refractivity contribution is 9.10. The lowest BCUT2D eigenvalue weighted by Gasteiger charge is -2.29. The van der Waals surface area contributed by atoms with Crippen molar-refractivity contribution >= 4 is 33.4 Å². The van der Waals surface area contributed by atoms with E-state index in [9.17, 15) is 9.59 Å². The summed E-state index contributed by atoms with van der Waals surface area (Å²) >= 11 is 3.43. The summed E-state index contributed by atoms with van der Waals surface area (Å²) in [5, 5.41) is 2.99. The Hall–Kier alpha value is -2.14. The molecular formula is C19H19BrN2O2. The summed E-state index contributed by atoms with van der Waals surface area (Å²) in [6.45, 7) is 5.78. The van der Waals surface area contributed by atoms with Crippen molar-refractivity contribution in [2.75, 3.05) is 4.90 Å². The summed E-state index contributed by atoms with van der Waals surface area (Å²) in [5.74, 6) is -0.335. The van der Waals surface area contributed by atoms with E-state index in [0.29, 0.717) is 11.3 Å². The fraction of sp³-hybridized carbons (Fsp3) is 0.263. The summed E-state index contributed by atoms with van der Waals surface area (Å²) in [6, 6.07) is 14.1. The highest BCUT2D eigenvalue weighted by Gasteiger charge is 2.42. The molecule has 0 spiro atoms. The normalized spacial score (nSPS) is 16.9. The fourth-order valence-electron chi connectivity index (χ4n) is 2.91. The first kappa shape index (κ1) is 16.7. The van der Waals surface area contributed by atoms with Crippen molar-refractivity contribution in [3.63, 3.8) is 0 Å². The molecule has 5 heteroatoms. The zero-order valence-corrected chi connectivity index (χ0v) is 15.4. The van der Waals surface area contributed by atoms with E-state index < -0.39 is 6.04 Å². The van der Waals surface area contributed by atoms with Gasteiger partial charge in [-0.05, 0) is 50.6 Å². The first-order valence-corrected chi connectivity index (χ1v) is 8.57. The molecule has 24 heavy (non-hydrogen) atoms. The Labute approximate surface area is 150 Å². The molecule has 1 aliphatic heterocycles. The Bertz CT molecular complexity index is 811. The minimum Gasteiger partial charge on any atom is -0.349 e. The van der Waals surface area contributed by atoms with Crippen molar-refractivity contribution in [3.8, 4) is 0 Å². The lowest BCUT2D eigenvalue weighted by Crippen LogP contribution is -2.47. The number of hydrogen-bond acceptors (Lipinski definition) is 2.